The highest BCUT2D eigenvalue weighted by molar-refractivity contribution is 6.24. The number of alkyl halides is 2. The Balaban J connectivity index is 2.86. The molecule has 1 aliphatic carbocycles. The van der Waals surface area contributed by atoms with Gasteiger partial charge >= 0.3 is 0 Å². The van der Waals surface area contributed by atoms with Crippen LogP contribution in [0.2, 0.25) is 0 Å². The van der Waals surface area contributed by atoms with Crippen LogP contribution in [0.15, 0.2) is 0 Å². The molecule has 0 heterocycles. The lowest BCUT2D eigenvalue weighted by atomic mass is 9.65. The third kappa shape index (κ3) is 2.07. The largest absolute Gasteiger partial charge is 0.122 e. The first kappa shape index (κ1) is 12.6. The van der Waals surface area contributed by atoms with Gasteiger partial charge in [0.1, 0.15) is 0 Å². The number of hydrogen-bond acceptors (Lipinski definition) is 0. The molecule has 4 atom stereocenters. The zero-order chi connectivity index (χ0) is 11.0. The molecule has 2 heteroatoms. The molecule has 0 radical (unpaired) electrons. The van der Waals surface area contributed by atoms with E-state index in [-0.39, 0.29) is 10.8 Å². The van der Waals surface area contributed by atoms with E-state index in [0.717, 1.165) is 0 Å². The molecule has 0 nitrogen and oxygen atoms in total. The van der Waals surface area contributed by atoms with Crippen LogP contribution in [0, 0.1) is 29.6 Å². The molecule has 0 aromatic carbocycles. The van der Waals surface area contributed by atoms with Crippen molar-refractivity contribution in [3.8, 4) is 0 Å². The van der Waals surface area contributed by atoms with Gasteiger partial charge in [0.15, 0.2) is 0 Å². The van der Waals surface area contributed by atoms with E-state index in [1.165, 1.54) is 0 Å². The van der Waals surface area contributed by atoms with Gasteiger partial charge in [0, 0.05) is 10.8 Å². The zero-order valence-electron chi connectivity index (χ0n) is 9.80. The summed E-state index contributed by atoms with van der Waals surface area (Å²) in [5.41, 5.74) is 0. The molecule has 1 aliphatic rings. The highest BCUT2D eigenvalue weighted by atomic mass is 35.5. The molecular weight excluding hydrogens is 215 g/mol. The van der Waals surface area contributed by atoms with Gasteiger partial charge in [-0.2, -0.15) is 0 Å². The van der Waals surface area contributed by atoms with Gasteiger partial charge in [0.2, 0.25) is 0 Å². The normalized spacial score (nSPS) is 49.7. The second kappa shape index (κ2) is 4.61. The van der Waals surface area contributed by atoms with Crippen LogP contribution in [0.25, 0.3) is 0 Å². The van der Waals surface area contributed by atoms with Crippen LogP contribution in [0.3, 0.4) is 0 Å². The smallest absolute Gasteiger partial charge is 0.0404 e. The van der Waals surface area contributed by atoms with Crippen molar-refractivity contribution >= 4 is 23.2 Å². The molecule has 1 saturated carbocycles. The Morgan fingerprint density at radius 3 is 1.43 bits per heavy atom. The van der Waals surface area contributed by atoms with Gasteiger partial charge in [0.05, 0.1) is 0 Å². The summed E-state index contributed by atoms with van der Waals surface area (Å²) in [5, 5.41) is 0.474. The van der Waals surface area contributed by atoms with E-state index in [1.807, 2.05) is 0 Å². The van der Waals surface area contributed by atoms with Crippen LogP contribution in [-0.4, -0.2) is 10.8 Å². The van der Waals surface area contributed by atoms with Crippen molar-refractivity contribution in [3.05, 3.63) is 0 Å². The molecule has 1 rings (SSSR count). The summed E-state index contributed by atoms with van der Waals surface area (Å²) in [6, 6.07) is 0. The fourth-order valence-corrected chi connectivity index (χ4v) is 3.97. The Morgan fingerprint density at radius 1 is 0.786 bits per heavy atom. The molecule has 0 N–H and O–H groups in total. The van der Waals surface area contributed by atoms with Gasteiger partial charge < -0.3 is 0 Å². The van der Waals surface area contributed by atoms with Crippen LogP contribution in [0.5, 0.6) is 0 Å². The van der Waals surface area contributed by atoms with E-state index in [9.17, 15) is 0 Å². The Hall–Kier alpha value is 0.580. The molecule has 0 aromatic heterocycles. The first-order chi connectivity index (χ1) is 6.37. The number of rotatable bonds is 1. The van der Waals surface area contributed by atoms with E-state index in [4.69, 9.17) is 23.2 Å². The summed E-state index contributed by atoms with van der Waals surface area (Å²) in [6.45, 7) is 11.3. The first-order valence-corrected chi connectivity index (χ1v) is 6.53. The van der Waals surface area contributed by atoms with Gasteiger partial charge in [-0.1, -0.05) is 34.6 Å². The second-order valence-corrected chi connectivity index (χ2v) is 6.30. The summed E-state index contributed by atoms with van der Waals surface area (Å²) in [5.74, 6) is 2.93. The summed E-state index contributed by atoms with van der Waals surface area (Å²) in [7, 11) is 0. The zero-order valence-corrected chi connectivity index (χ0v) is 11.3. The molecule has 4 unspecified atom stereocenters. The lowest BCUT2D eigenvalue weighted by Crippen LogP contribution is -2.46. The molecule has 0 saturated heterocycles. The van der Waals surface area contributed by atoms with Crippen LogP contribution < -0.4 is 0 Å². The number of hydrogen-bond donors (Lipinski definition) is 0. The fraction of sp³-hybridized carbons (Fsp3) is 1.00. The molecular formula is C12H22Cl2. The highest BCUT2D eigenvalue weighted by Gasteiger charge is 2.44. The molecule has 14 heavy (non-hydrogen) atoms. The van der Waals surface area contributed by atoms with E-state index >= 15 is 0 Å². The third-order valence-electron chi connectivity index (χ3n) is 3.99. The summed E-state index contributed by atoms with van der Waals surface area (Å²) in [4.78, 5) is 0. The SMILES string of the molecule is CC(C)C1C(C)C(Cl)C(C)C(Cl)C1C. The monoisotopic (exact) mass is 236 g/mol. The second-order valence-electron chi connectivity index (χ2n) is 5.29. The molecule has 0 spiro atoms. The predicted molar refractivity (Wildman–Crippen MR) is 65.1 cm³/mol. The van der Waals surface area contributed by atoms with E-state index in [2.05, 4.69) is 34.6 Å². The Kier molecular flexibility index (Phi) is 4.17. The predicted octanol–water partition coefficient (Wildman–Crippen LogP) is 4.40. The summed E-state index contributed by atoms with van der Waals surface area (Å²) in [6.07, 6.45) is 0. The van der Waals surface area contributed by atoms with Crippen LogP contribution in [-0.2, 0) is 0 Å². The maximum atomic E-state index is 6.43. The van der Waals surface area contributed by atoms with Crippen LogP contribution in [0.4, 0.5) is 0 Å². The standard InChI is InChI=1S/C12H22Cl2/c1-6(2)10-7(3)11(13)9(5)12(14)8(10)4/h6-12H,1-5H3. The fourth-order valence-electron chi connectivity index (χ4n) is 3.25. The Labute approximate surface area is 98.4 Å². The van der Waals surface area contributed by atoms with Crippen LogP contribution in [0.1, 0.15) is 34.6 Å². The van der Waals surface area contributed by atoms with Crippen molar-refractivity contribution < 1.29 is 0 Å². The van der Waals surface area contributed by atoms with Gasteiger partial charge in [0.25, 0.3) is 0 Å². The van der Waals surface area contributed by atoms with Crippen molar-refractivity contribution in [2.24, 2.45) is 29.6 Å². The van der Waals surface area contributed by atoms with Gasteiger partial charge in [-0.25, -0.2) is 0 Å². The molecule has 0 amide bonds. The quantitative estimate of drug-likeness (QED) is 0.593. The van der Waals surface area contributed by atoms with Crippen molar-refractivity contribution in [3.63, 3.8) is 0 Å². The number of halogens is 2. The molecule has 0 bridgehead atoms. The minimum absolute atomic E-state index is 0.237. The van der Waals surface area contributed by atoms with Crippen molar-refractivity contribution in [1.82, 2.24) is 0 Å². The lowest BCUT2D eigenvalue weighted by Gasteiger charge is -2.46. The van der Waals surface area contributed by atoms with Crippen molar-refractivity contribution in [1.29, 1.82) is 0 Å². The summed E-state index contributed by atoms with van der Waals surface area (Å²) < 4.78 is 0. The molecule has 1 fully saturated rings. The average molecular weight is 237 g/mol. The Bertz CT molecular complexity index is 175. The van der Waals surface area contributed by atoms with Gasteiger partial charge in [-0.15, -0.1) is 23.2 Å². The van der Waals surface area contributed by atoms with E-state index in [1.54, 1.807) is 0 Å². The molecule has 84 valence electrons. The molecule has 0 aromatic rings. The third-order valence-corrected chi connectivity index (χ3v) is 5.58. The lowest BCUT2D eigenvalue weighted by molar-refractivity contribution is 0.104. The van der Waals surface area contributed by atoms with Crippen LogP contribution >= 0.6 is 23.2 Å². The minimum atomic E-state index is 0.237. The maximum absolute atomic E-state index is 6.43. The van der Waals surface area contributed by atoms with Crippen molar-refractivity contribution in [2.45, 2.75) is 45.4 Å². The van der Waals surface area contributed by atoms with Gasteiger partial charge in [-0.3, -0.25) is 0 Å². The van der Waals surface area contributed by atoms with Crippen molar-refractivity contribution in [2.75, 3.05) is 0 Å². The maximum Gasteiger partial charge on any atom is 0.0404 e. The van der Waals surface area contributed by atoms with Gasteiger partial charge in [-0.05, 0) is 29.6 Å². The Morgan fingerprint density at radius 2 is 1.14 bits per heavy atom. The minimum Gasteiger partial charge on any atom is -0.122 e. The highest BCUT2D eigenvalue weighted by Crippen LogP contribution is 2.46. The first-order valence-electron chi connectivity index (χ1n) is 5.66. The topological polar surface area (TPSA) is 0 Å². The summed E-state index contributed by atoms with van der Waals surface area (Å²) >= 11 is 12.9. The van der Waals surface area contributed by atoms with E-state index in [0.29, 0.717) is 29.6 Å². The molecule has 0 aliphatic heterocycles. The average Bonchev–Trinajstić information content (AvgIpc) is 2.11. The van der Waals surface area contributed by atoms with E-state index < -0.39 is 0 Å².